The number of thioether (sulfide) groups is 1. The second kappa shape index (κ2) is 11.0. The van der Waals surface area contributed by atoms with Crippen LogP contribution in [0, 0.1) is 16.7 Å². The van der Waals surface area contributed by atoms with Crippen molar-refractivity contribution in [2.45, 2.75) is 49.6 Å². The SMILES string of the molecule is COCCOCCO[C@@H]1C[C@H]2CC[C@]1(C(=O)N1C(=O)S[C@H]([Se]c3ccccc3)[C@H]1OC)C2(C)C. The third-order valence-corrected chi connectivity index (χ3v) is 11.9. The fourth-order valence-electron chi connectivity index (χ4n) is 5.91. The summed E-state index contributed by atoms with van der Waals surface area (Å²) < 4.78 is 23.8. The molecule has 2 amide bonds. The number of hydrogen-bond acceptors (Lipinski definition) is 7. The third kappa shape index (κ3) is 4.61. The maximum atomic E-state index is 14.3. The number of imide groups is 1. The van der Waals surface area contributed by atoms with E-state index in [0.717, 1.165) is 19.3 Å². The van der Waals surface area contributed by atoms with Crippen molar-refractivity contribution in [2.24, 2.45) is 16.7 Å². The first-order valence-electron chi connectivity index (χ1n) is 11.8. The molecule has 9 heteroatoms. The Hall–Kier alpha value is -0.931. The van der Waals surface area contributed by atoms with Crippen LogP contribution >= 0.6 is 11.8 Å². The quantitative estimate of drug-likeness (QED) is 0.307. The molecule has 2 bridgehead atoms. The van der Waals surface area contributed by atoms with Crippen LogP contribution in [-0.4, -0.2) is 88.1 Å². The summed E-state index contributed by atoms with van der Waals surface area (Å²) in [7, 11) is 3.24. The Balaban J connectivity index is 1.51. The molecule has 1 aliphatic heterocycles. The summed E-state index contributed by atoms with van der Waals surface area (Å²) in [5.41, 5.74) is -0.983. The monoisotopic (exact) mass is 557 g/mol. The van der Waals surface area contributed by atoms with E-state index >= 15 is 0 Å². The molecule has 3 aliphatic rings. The molecule has 0 aromatic heterocycles. The number of nitrogens with zero attached hydrogens (tertiary/aromatic N) is 1. The molecule has 0 N–H and O–H groups in total. The van der Waals surface area contributed by atoms with Crippen LogP contribution in [0.2, 0.25) is 0 Å². The van der Waals surface area contributed by atoms with E-state index in [1.165, 1.54) is 21.1 Å². The number of ether oxygens (including phenoxy) is 4. The van der Waals surface area contributed by atoms with Gasteiger partial charge in [0.15, 0.2) is 0 Å². The first-order valence-corrected chi connectivity index (χ1v) is 14.6. The predicted octanol–water partition coefficient (Wildman–Crippen LogP) is 2.88. The third-order valence-electron chi connectivity index (χ3n) is 7.82. The van der Waals surface area contributed by atoms with Crippen molar-refractivity contribution in [3.05, 3.63) is 30.3 Å². The van der Waals surface area contributed by atoms with Crippen molar-refractivity contribution in [1.29, 1.82) is 0 Å². The second-order valence-electron chi connectivity index (χ2n) is 9.61. The van der Waals surface area contributed by atoms with Crippen LogP contribution in [0.5, 0.6) is 0 Å². The molecule has 0 unspecified atom stereocenters. The number of methoxy groups -OCH3 is 2. The van der Waals surface area contributed by atoms with Crippen LogP contribution in [0.25, 0.3) is 0 Å². The molecule has 4 rings (SSSR count). The molecular weight excluding hydrogens is 521 g/mol. The molecule has 1 aromatic rings. The Labute approximate surface area is 212 Å². The van der Waals surface area contributed by atoms with Crippen molar-refractivity contribution >= 4 is 42.3 Å². The van der Waals surface area contributed by atoms with Gasteiger partial charge in [-0.3, -0.25) is 0 Å². The normalized spacial score (nSPS) is 32.0. The van der Waals surface area contributed by atoms with Crippen LogP contribution in [0.4, 0.5) is 4.79 Å². The number of carbonyl (C=O) groups is 2. The summed E-state index contributed by atoms with van der Waals surface area (Å²) >= 11 is 1.23. The second-order valence-corrected chi connectivity index (χ2v) is 13.9. The molecule has 5 atom stereocenters. The van der Waals surface area contributed by atoms with Gasteiger partial charge in [-0.2, -0.15) is 0 Å². The average molecular weight is 557 g/mol. The Morgan fingerprint density at radius 2 is 1.88 bits per heavy atom. The Kier molecular flexibility index (Phi) is 8.45. The Bertz CT molecular complexity index is 870. The van der Waals surface area contributed by atoms with E-state index in [2.05, 4.69) is 26.0 Å². The van der Waals surface area contributed by atoms with Crippen molar-refractivity contribution in [2.75, 3.05) is 40.6 Å². The number of carbonyl (C=O) groups excluding carboxylic acids is 2. The van der Waals surface area contributed by atoms with Gasteiger partial charge in [-0.1, -0.05) is 0 Å². The summed E-state index contributed by atoms with van der Waals surface area (Å²) in [6.07, 6.45) is 1.76. The van der Waals surface area contributed by atoms with Gasteiger partial charge in [0.1, 0.15) is 0 Å². The fourth-order valence-corrected chi connectivity index (χ4v) is 10.2. The minimum absolute atomic E-state index is 0.00614. The molecule has 2 aliphatic carbocycles. The van der Waals surface area contributed by atoms with Crippen LogP contribution in [0.15, 0.2) is 30.3 Å². The summed E-state index contributed by atoms with van der Waals surface area (Å²) in [5.74, 6) is 0.269. The zero-order valence-electron chi connectivity index (χ0n) is 20.4. The van der Waals surface area contributed by atoms with Gasteiger partial charge in [0.2, 0.25) is 0 Å². The topological polar surface area (TPSA) is 74.3 Å². The molecule has 188 valence electrons. The van der Waals surface area contributed by atoms with Crippen molar-refractivity contribution in [3.8, 4) is 0 Å². The predicted molar refractivity (Wildman–Crippen MR) is 132 cm³/mol. The molecule has 1 heterocycles. The van der Waals surface area contributed by atoms with Gasteiger partial charge in [-0.25, -0.2) is 0 Å². The summed E-state index contributed by atoms with van der Waals surface area (Å²) in [6.45, 7) is 6.27. The standard InChI is InChI=1S/C25H35NO6SSe/c1-24(2)17-10-11-25(24,19(16-17)32-15-14-31-13-12-29-3)22(27)26-20(30-4)21(33-23(26)28)34-18-8-6-5-7-9-18/h5-9,17,19-21H,10-16H2,1-4H3/t17-,19-,20-,21-,25+/m1/s1. The number of amides is 2. The van der Waals surface area contributed by atoms with E-state index in [9.17, 15) is 9.59 Å². The van der Waals surface area contributed by atoms with E-state index in [1.54, 1.807) is 14.2 Å². The van der Waals surface area contributed by atoms with E-state index in [4.69, 9.17) is 18.9 Å². The Morgan fingerprint density at radius 3 is 2.56 bits per heavy atom. The summed E-state index contributed by atoms with van der Waals surface area (Å²) in [6, 6.07) is 10.1. The molecule has 1 saturated heterocycles. The van der Waals surface area contributed by atoms with Gasteiger partial charge in [0.05, 0.1) is 0 Å². The van der Waals surface area contributed by atoms with E-state index in [1.807, 2.05) is 18.2 Å². The molecule has 2 saturated carbocycles. The van der Waals surface area contributed by atoms with E-state index in [-0.39, 0.29) is 41.8 Å². The molecule has 0 spiro atoms. The summed E-state index contributed by atoms with van der Waals surface area (Å²) in [4.78, 5) is 28.9. The number of hydrogen-bond donors (Lipinski definition) is 0. The molecule has 3 fully saturated rings. The fraction of sp³-hybridized carbons (Fsp3) is 0.680. The molecule has 7 nitrogen and oxygen atoms in total. The minimum atomic E-state index is -0.730. The van der Waals surface area contributed by atoms with Crippen molar-refractivity contribution < 1.29 is 28.5 Å². The summed E-state index contributed by atoms with van der Waals surface area (Å²) in [5, 5.41) is -0.207. The number of rotatable bonds is 11. The van der Waals surface area contributed by atoms with Crippen molar-refractivity contribution in [3.63, 3.8) is 0 Å². The molecule has 34 heavy (non-hydrogen) atoms. The average Bonchev–Trinajstić information content (AvgIpc) is 3.36. The Morgan fingerprint density at radius 1 is 1.15 bits per heavy atom. The first-order chi connectivity index (χ1) is 16.4. The van der Waals surface area contributed by atoms with Crippen molar-refractivity contribution in [1.82, 2.24) is 4.90 Å². The van der Waals surface area contributed by atoms with Gasteiger partial charge in [0, 0.05) is 7.11 Å². The van der Waals surface area contributed by atoms with Gasteiger partial charge in [-0.15, -0.1) is 0 Å². The van der Waals surface area contributed by atoms with E-state index < -0.39 is 11.6 Å². The number of fused-ring (bicyclic) bond motifs is 2. The van der Waals surface area contributed by atoms with Crippen LogP contribution in [-0.2, 0) is 23.7 Å². The van der Waals surface area contributed by atoms with Gasteiger partial charge in [-0.05, 0) is 0 Å². The molecular formula is C25H35NO6SSe. The van der Waals surface area contributed by atoms with Crippen LogP contribution in [0.3, 0.4) is 0 Å². The van der Waals surface area contributed by atoms with Crippen LogP contribution in [0.1, 0.15) is 33.1 Å². The zero-order valence-corrected chi connectivity index (χ0v) is 22.9. The zero-order chi connectivity index (χ0) is 24.3. The van der Waals surface area contributed by atoms with Gasteiger partial charge < -0.3 is 4.74 Å². The van der Waals surface area contributed by atoms with Crippen LogP contribution < -0.4 is 4.46 Å². The maximum absolute atomic E-state index is 14.3. The first kappa shape index (κ1) is 26.1. The molecule has 0 radical (unpaired) electrons. The van der Waals surface area contributed by atoms with E-state index in [0.29, 0.717) is 32.3 Å². The number of benzene rings is 1. The van der Waals surface area contributed by atoms with Gasteiger partial charge in [0.25, 0.3) is 0 Å². The van der Waals surface area contributed by atoms with Gasteiger partial charge >= 0.3 is 201 Å². The molecule has 1 aromatic carbocycles.